The van der Waals surface area contributed by atoms with Crippen LogP contribution in [0.3, 0.4) is 0 Å². The monoisotopic (exact) mass is 383 g/mol. The Morgan fingerprint density at radius 3 is 2.78 bits per heavy atom. The molecule has 1 heterocycles. The number of aryl methyl sites for hydroxylation is 1. The number of hydrogen-bond acceptors (Lipinski definition) is 6. The minimum absolute atomic E-state index is 0.590. The summed E-state index contributed by atoms with van der Waals surface area (Å²) in [5.74, 6) is 2.10. The average Bonchev–Trinajstić information content (AvgIpc) is 2.99. The molecule has 1 N–H and O–H groups in total. The molecule has 7 nitrogen and oxygen atoms in total. The van der Waals surface area contributed by atoms with E-state index >= 15 is 0 Å². The molecule has 0 radical (unpaired) electrons. The van der Waals surface area contributed by atoms with Crippen molar-refractivity contribution in [3.63, 3.8) is 0 Å². The molecule has 126 valence electrons. The molecule has 0 aliphatic heterocycles. The second-order valence-corrected chi connectivity index (χ2v) is 5.89. The zero-order valence-electron chi connectivity index (χ0n) is 13.7. The second-order valence-electron chi connectivity index (χ2n) is 5.04. The third-order valence-corrected chi connectivity index (χ3v) is 3.75. The van der Waals surface area contributed by atoms with Gasteiger partial charge >= 0.3 is 0 Å². The molecule has 0 amide bonds. The smallest absolute Gasteiger partial charge is 0.243 e. The van der Waals surface area contributed by atoms with Gasteiger partial charge in [-0.2, -0.15) is 0 Å². The fraction of sp³-hybridized carbons (Fsp3) is 0.533. The highest BCUT2D eigenvalue weighted by atomic mass is 79.9. The molecule has 0 atom stereocenters. The summed E-state index contributed by atoms with van der Waals surface area (Å²) in [6.07, 6.45) is 1.92. The number of hydrogen-bond donors (Lipinski definition) is 1. The fourth-order valence-electron chi connectivity index (χ4n) is 2.09. The van der Waals surface area contributed by atoms with Crippen LogP contribution in [0.1, 0.15) is 32.3 Å². The van der Waals surface area contributed by atoms with E-state index in [1.165, 1.54) is 0 Å². The number of nitrogens with one attached hydrogen (secondary N) is 1. The molecule has 1 aromatic heterocycles. The van der Waals surface area contributed by atoms with Gasteiger partial charge in [-0.1, -0.05) is 18.9 Å². The number of ether oxygens (including phenoxy) is 2. The molecule has 8 heteroatoms. The van der Waals surface area contributed by atoms with E-state index < -0.39 is 0 Å². The number of halogens is 1. The van der Waals surface area contributed by atoms with Crippen LogP contribution in [0.15, 0.2) is 16.6 Å². The van der Waals surface area contributed by atoms with Crippen LogP contribution in [-0.4, -0.2) is 33.9 Å². The van der Waals surface area contributed by atoms with Crippen LogP contribution in [0.25, 0.3) is 0 Å². The van der Waals surface area contributed by atoms with Gasteiger partial charge in [0.25, 0.3) is 0 Å². The number of anilines is 1. The van der Waals surface area contributed by atoms with Crippen molar-refractivity contribution in [2.45, 2.75) is 39.8 Å². The van der Waals surface area contributed by atoms with Gasteiger partial charge in [0.1, 0.15) is 0 Å². The van der Waals surface area contributed by atoms with Gasteiger partial charge in [0.2, 0.25) is 5.95 Å². The lowest BCUT2D eigenvalue weighted by atomic mass is 10.2. The molecule has 0 fully saturated rings. The Hall–Kier alpha value is -1.83. The number of methoxy groups -OCH3 is 1. The van der Waals surface area contributed by atoms with Gasteiger partial charge in [-0.25, -0.2) is 4.68 Å². The highest BCUT2D eigenvalue weighted by molar-refractivity contribution is 9.10. The maximum atomic E-state index is 5.74. The van der Waals surface area contributed by atoms with E-state index in [4.69, 9.17) is 9.47 Å². The van der Waals surface area contributed by atoms with Gasteiger partial charge in [0.05, 0.1) is 18.2 Å². The van der Waals surface area contributed by atoms with Crippen molar-refractivity contribution in [1.29, 1.82) is 0 Å². The Morgan fingerprint density at radius 1 is 1.26 bits per heavy atom. The summed E-state index contributed by atoms with van der Waals surface area (Å²) >= 11 is 3.55. The van der Waals surface area contributed by atoms with Crippen LogP contribution in [0.4, 0.5) is 5.95 Å². The first kappa shape index (κ1) is 17.5. The molecule has 0 aliphatic carbocycles. The van der Waals surface area contributed by atoms with Gasteiger partial charge in [-0.3, -0.25) is 0 Å². The molecular formula is C15H22BrN5O2. The lowest BCUT2D eigenvalue weighted by molar-refractivity contribution is 0.292. The molecule has 0 spiro atoms. The van der Waals surface area contributed by atoms with Gasteiger partial charge in [0, 0.05) is 13.1 Å². The summed E-state index contributed by atoms with van der Waals surface area (Å²) in [4.78, 5) is 0. The Bertz CT molecular complexity index is 632. The highest BCUT2D eigenvalue weighted by Gasteiger charge is 2.12. The molecule has 2 rings (SSSR count). The van der Waals surface area contributed by atoms with Crippen LogP contribution < -0.4 is 14.8 Å². The minimum Gasteiger partial charge on any atom is -0.493 e. The molecule has 23 heavy (non-hydrogen) atoms. The van der Waals surface area contributed by atoms with E-state index in [1.54, 1.807) is 11.8 Å². The third kappa shape index (κ3) is 4.57. The Morgan fingerprint density at radius 2 is 2.09 bits per heavy atom. The summed E-state index contributed by atoms with van der Waals surface area (Å²) in [6.45, 7) is 6.18. The number of tetrazole rings is 1. The number of nitrogens with zero attached hydrogens (tertiary/aromatic N) is 4. The SMILES string of the molecule is CCCOc1c(Br)cc(CNc2nnnn2CCC)cc1OC. The zero-order chi connectivity index (χ0) is 16.7. The van der Waals surface area contributed by atoms with E-state index in [0.717, 1.165) is 35.2 Å². The Balaban J connectivity index is 2.11. The molecule has 2 aromatic rings. The molecule has 0 saturated heterocycles. The predicted octanol–water partition coefficient (Wildman–Crippen LogP) is 3.26. The fourth-order valence-corrected chi connectivity index (χ4v) is 2.70. The summed E-state index contributed by atoms with van der Waals surface area (Å²) in [5, 5.41) is 14.9. The van der Waals surface area contributed by atoms with Crippen molar-refractivity contribution in [2.75, 3.05) is 19.0 Å². The second kappa shape index (κ2) is 8.71. The van der Waals surface area contributed by atoms with Crippen molar-refractivity contribution in [3.8, 4) is 11.5 Å². The Kier molecular flexibility index (Phi) is 6.64. The van der Waals surface area contributed by atoms with E-state index in [-0.39, 0.29) is 0 Å². The zero-order valence-corrected chi connectivity index (χ0v) is 15.3. The van der Waals surface area contributed by atoms with Crippen LogP contribution in [-0.2, 0) is 13.1 Å². The van der Waals surface area contributed by atoms with Crippen LogP contribution in [0.5, 0.6) is 11.5 Å². The lowest BCUT2D eigenvalue weighted by Crippen LogP contribution is -2.09. The van der Waals surface area contributed by atoms with Gasteiger partial charge in [-0.15, -0.1) is 0 Å². The number of rotatable bonds is 9. The van der Waals surface area contributed by atoms with Crippen LogP contribution in [0, 0.1) is 0 Å². The highest BCUT2D eigenvalue weighted by Crippen LogP contribution is 2.36. The normalized spacial score (nSPS) is 10.6. The van der Waals surface area contributed by atoms with Crippen molar-refractivity contribution in [1.82, 2.24) is 20.2 Å². The summed E-state index contributed by atoms with van der Waals surface area (Å²) < 4.78 is 13.8. The largest absolute Gasteiger partial charge is 0.493 e. The van der Waals surface area contributed by atoms with Crippen molar-refractivity contribution in [3.05, 3.63) is 22.2 Å². The van der Waals surface area contributed by atoms with E-state index in [9.17, 15) is 0 Å². The molecular weight excluding hydrogens is 362 g/mol. The number of aromatic nitrogens is 4. The lowest BCUT2D eigenvalue weighted by Gasteiger charge is -2.14. The van der Waals surface area contributed by atoms with Crippen LogP contribution in [0.2, 0.25) is 0 Å². The summed E-state index contributed by atoms with van der Waals surface area (Å²) in [5.41, 5.74) is 1.05. The van der Waals surface area contributed by atoms with Crippen molar-refractivity contribution < 1.29 is 9.47 Å². The molecule has 0 bridgehead atoms. The van der Waals surface area contributed by atoms with Crippen molar-refractivity contribution in [2.24, 2.45) is 0 Å². The molecule has 0 aliphatic rings. The predicted molar refractivity (Wildman–Crippen MR) is 91.9 cm³/mol. The van der Waals surface area contributed by atoms with Gasteiger partial charge in [0.15, 0.2) is 11.5 Å². The van der Waals surface area contributed by atoms with Crippen molar-refractivity contribution >= 4 is 21.9 Å². The molecule has 0 saturated carbocycles. The standard InChI is InChI=1S/C15H22BrN5O2/c1-4-6-21-15(18-19-20-21)17-10-11-8-12(16)14(23-7-5-2)13(9-11)22-3/h8-9H,4-7,10H2,1-3H3,(H,17,18,20). The van der Waals surface area contributed by atoms with E-state index in [1.807, 2.05) is 12.1 Å². The third-order valence-electron chi connectivity index (χ3n) is 3.16. The summed E-state index contributed by atoms with van der Waals surface area (Å²) in [6, 6.07) is 3.96. The first-order chi connectivity index (χ1) is 11.2. The van der Waals surface area contributed by atoms with Gasteiger partial charge < -0.3 is 14.8 Å². The first-order valence-electron chi connectivity index (χ1n) is 7.68. The maximum Gasteiger partial charge on any atom is 0.243 e. The average molecular weight is 384 g/mol. The van der Waals surface area contributed by atoms with E-state index in [0.29, 0.717) is 24.8 Å². The molecule has 0 unspecified atom stereocenters. The number of benzene rings is 1. The Labute approximate surface area is 144 Å². The van der Waals surface area contributed by atoms with E-state index in [2.05, 4.69) is 50.6 Å². The summed E-state index contributed by atoms with van der Waals surface area (Å²) in [7, 11) is 1.64. The first-order valence-corrected chi connectivity index (χ1v) is 8.48. The maximum absolute atomic E-state index is 5.74. The quantitative estimate of drug-likeness (QED) is 0.716. The molecule has 1 aromatic carbocycles. The topological polar surface area (TPSA) is 74.1 Å². The minimum atomic E-state index is 0.590. The van der Waals surface area contributed by atoms with Crippen LogP contribution >= 0.6 is 15.9 Å². The van der Waals surface area contributed by atoms with Gasteiger partial charge in [-0.05, 0) is 56.9 Å².